The highest BCUT2D eigenvalue weighted by molar-refractivity contribution is 4.82. The Morgan fingerprint density at radius 1 is 1.36 bits per heavy atom. The zero-order valence-corrected chi connectivity index (χ0v) is 9.24. The first-order valence-corrected chi connectivity index (χ1v) is 5.63. The van der Waals surface area contributed by atoms with Gasteiger partial charge in [0.25, 0.3) is 0 Å². The summed E-state index contributed by atoms with van der Waals surface area (Å²) in [5.41, 5.74) is 0.584. The number of nitrogens with zero attached hydrogens (tertiary/aromatic N) is 2. The third kappa shape index (κ3) is 2.37. The van der Waals surface area contributed by atoms with Gasteiger partial charge in [-0.05, 0) is 43.1 Å². The summed E-state index contributed by atoms with van der Waals surface area (Å²) >= 11 is 0. The predicted octanol–water partition coefficient (Wildman–Crippen LogP) is 3.10. The lowest BCUT2D eigenvalue weighted by molar-refractivity contribution is 0.176. The summed E-state index contributed by atoms with van der Waals surface area (Å²) in [7, 11) is 0. The molecule has 0 spiro atoms. The van der Waals surface area contributed by atoms with E-state index in [2.05, 4.69) is 29.8 Å². The van der Waals surface area contributed by atoms with E-state index in [0.29, 0.717) is 5.41 Å². The van der Waals surface area contributed by atoms with Gasteiger partial charge in [0.15, 0.2) is 0 Å². The summed E-state index contributed by atoms with van der Waals surface area (Å²) in [5, 5.41) is 4.26. The number of hydrogen-bond donors (Lipinski definition) is 0. The van der Waals surface area contributed by atoms with Crippen molar-refractivity contribution in [3.05, 3.63) is 18.5 Å². The van der Waals surface area contributed by atoms with Gasteiger partial charge in [0.05, 0.1) is 0 Å². The Balaban J connectivity index is 1.85. The monoisotopic (exact) mass is 192 g/mol. The molecule has 0 aliphatic heterocycles. The first-order valence-electron chi connectivity index (χ1n) is 5.63. The SMILES string of the molecule is CC1(C)CCC(Cn2cccn2)CC1. The lowest BCUT2D eigenvalue weighted by Crippen LogP contribution is -2.24. The maximum atomic E-state index is 4.26. The third-order valence-corrected chi connectivity index (χ3v) is 3.46. The molecule has 0 unspecified atom stereocenters. The molecule has 14 heavy (non-hydrogen) atoms. The van der Waals surface area contributed by atoms with Crippen LogP contribution in [0.3, 0.4) is 0 Å². The van der Waals surface area contributed by atoms with Crippen LogP contribution in [0.2, 0.25) is 0 Å². The van der Waals surface area contributed by atoms with E-state index in [1.54, 1.807) is 0 Å². The van der Waals surface area contributed by atoms with Crippen molar-refractivity contribution in [1.82, 2.24) is 9.78 Å². The van der Waals surface area contributed by atoms with Gasteiger partial charge in [-0.2, -0.15) is 5.10 Å². The number of rotatable bonds is 2. The van der Waals surface area contributed by atoms with E-state index >= 15 is 0 Å². The lowest BCUT2D eigenvalue weighted by atomic mass is 9.73. The van der Waals surface area contributed by atoms with Crippen molar-refractivity contribution in [2.75, 3.05) is 0 Å². The molecule has 0 bridgehead atoms. The Bertz CT molecular complexity index is 265. The maximum absolute atomic E-state index is 4.26. The highest BCUT2D eigenvalue weighted by Crippen LogP contribution is 2.38. The van der Waals surface area contributed by atoms with Crippen LogP contribution in [0.1, 0.15) is 39.5 Å². The van der Waals surface area contributed by atoms with E-state index in [1.165, 1.54) is 25.7 Å². The van der Waals surface area contributed by atoms with Crippen molar-refractivity contribution in [3.8, 4) is 0 Å². The van der Waals surface area contributed by atoms with Crippen molar-refractivity contribution in [1.29, 1.82) is 0 Å². The molecule has 1 aromatic heterocycles. The van der Waals surface area contributed by atoms with Crippen LogP contribution in [0.15, 0.2) is 18.5 Å². The molecule has 0 amide bonds. The fraction of sp³-hybridized carbons (Fsp3) is 0.750. The van der Waals surface area contributed by atoms with E-state index in [0.717, 1.165) is 12.5 Å². The van der Waals surface area contributed by atoms with Gasteiger partial charge < -0.3 is 0 Å². The van der Waals surface area contributed by atoms with Gasteiger partial charge in [0, 0.05) is 18.9 Å². The van der Waals surface area contributed by atoms with Gasteiger partial charge in [-0.25, -0.2) is 0 Å². The average molecular weight is 192 g/mol. The van der Waals surface area contributed by atoms with Crippen molar-refractivity contribution in [2.45, 2.75) is 46.1 Å². The Kier molecular flexibility index (Phi) is 2.62. The van der Waals surface area contributed by atoms with Gasteiger partial charge in [-0.3, -0.25) is 4.68 Å². The minimum Gasteiger partial charge on any atom is -0.272 e. The molecule has 0 radical (unpaired) electrons. The summed E-state index contributed by atoms with van der Waals surface area (Å²) in [6.07, 6.45) is 9.42. The molecule has 0 saturated heterocycles. The van der Waals surface area contributed by atoms with Crippen molar-refractivity contribution in [3.63, 3.8) is 0 Å². The van der Waals surface area contributed by atoms with E-state index in [9.17, 15) is 0 Å². The standard InChI is InChI=1S/C12H20N2/c1-12(2)6-4-11(5-7-12)10-14-9-3-8-13-14/h3,8-9,11H,4-7,10H2,1-2H3. The molecule has 1 aliphatic rings. The molecule has 0 atom stereocenters. The first kappa shape index (κ1) is 9.75. The van der Waals surface area contributed by atoms with Crippen LogP contribution < -0.4 is 0 Å². The predicted molar refractivity (Wildman–Crippen MR) is 58.0 cm³/mol. The van der Waals surface area contributed by atoms with E-state index in [-0.39, 0.29) is 0 Å². The second kappa shape index (κ2) is 3.76. The van der Waals surface area contributed by atoms with Crippen molar-refractivity contribution < 1.29 is 0 Å². The molecule has 2 rings (SSSR count). The number of hydrogen-bond acceptors (Lipinski definition) is 1. The molecule has 0 N–H and O–H groups in total. The molecule has 1 saturated carbocycles. The molecule has 1 heterocycles. The van der Waals surface area contributed by atoms with Crippen LogP contribution in [0.4, 0.5) is 0 Å². The zero-order chi connectivity index (χ0) is 10.0. The smallest absolute Gasteiger partial charge is 0.0489 e. The van der Waals surface area contributed by atoms with Crippen LogP contribution in [0, 0.1) is 11.3 Å². The Labute approximate surface area is 86.3 Å². The van der Waals surface area contributed by atoms with Crippen molar-refractivity contribution >= 4 is 0 Å². The summed E-state index contributed by atoms with van der Waals surface area (Å²) in [4.78, 5) is 0. The van der Waals surface area contributed by atoms with Gasteiger partial charge in [-0.15, -0.1) is 0 Å². The molecule has 2 nitrogen and oxygen atoms in total. The molecule has 2 heteroatoms. The Hall–Kier alpha value is -0.790. The van der Waals surface area contributed by atoms with Crippen LogP contribution in [0.25, 0.3) is 0 Å². The van der Waals surface area contributed by atoms with Gasteiger partial charge in [0.1, 0.15) is 0 Å². The lowest BCUT2D eigenvalue weighted by Gasteiger charge is -2.34. The van der Waals surface area contributed by atoms with Crippen molar-refractivity contribution in [2.24, 2.45) is 11.3 Å². The quantitative estimate of drug-likeness (QED) is 0.704. The van der Waals surface area contributed by atoms with Gasteiger partial charge in [-0.1, -0.05) is 13.8 Å². The van der Waals surface area contributed by atoms with Gasteiger partial charge >= 0.3 is 0 Å². The van der Waals surface area contributed by atoms with Crippen LogP contribution in [-0.2, 0) is 6.54 Å². The largest absolute Gasteiger partial charge is 0.272 e. The van der Waals surface area contributed by atoms with Crippen LogP contribution in [-0.4, -0.2) is 9.78 Å². The molecule has 1 aromatic rings. The molecular formula is C12H20N2. The minimum absolute atomic E-state index is 0.584. The number of aromatic nitrogens is 2. The maximum Gasteiger partial charge on any atom is 0.0489 e. The summed E-state index contributed by atoms with van der Waals surface area (Å²) in [5.74, 6) is 0.850. The average Bonchev–Trinajstić information content (AvgIpc) is 2.61. The van der Waals surface area contributed by atoms with E-state index in [4.69, 9.17) is 0 Å². The third-order valence-electron chi connectivity index (χ3n) is 3.46. The molecule has 0 aromatic carbocycles. The van der Waals surface area contributed by atoms with Gasteiger partial charge in [0.2, 0.25) is 0 Å². The van der Waals surface area contributed by atoms with Crippen LogP contribution >= 0.6 is 0 Å². The van der Waals surface area contributed by atoms with Crippen LogP contribution in [0.5, 0.6) is 0 Å². The van der Waals surface area contributed by atoms with E-state index < -0.39 is 0 Å². The second-order valence-corrected chi connectivity index (χ2v) is 5.34. The van der Waals surface area contributed by atoms with E-state index in [1.807, 2.05) is 12.3 Å². The minimum atomic E-state index is 0.584. The normalized spacial score (nSPS) is 22.4. The topological polar surface area (TPSA) is 17.8 Å². The molecule has 1 aliphatic carbocycles. The molecule has 1 fully saturated rings. The summed E-state index contributed by atoms with van der Waals surface area (Å²) in [6.45, 7) is 5.89. The highest BCUT2D eigenvalue weighted by Gasteiger charge is 2.26. The zero-order valence-electron chi connectivity index (χ0n) is 9.24. The highest BCUT2D eigenvalue weighted by atomic mass is 15.3. The Morgan fingerprint density at radius 3 is 2.64 bits per heavy atom. The second-order valence-electron chi connectivity index (χ2n) is 5.34. The summed E-state index contributed by atoms with van der Waals surface area (Å²) < 4.78 is 2.07. The summed E-state index contributed by atoms with van der Waals surface area (Å²) in [6, 6.07) is 2.01. The molecular weight excluding hydrogens is 172 g/mol. The fourth-order valence-corrected chi connectivity index (χ4v) is 2.31. The molecule has 78 valence electrons. The first-order chi connectivity index (χ1) is 6.66. The Morgan fingerprint density at radius 2 is 2.07 bits per heavy atom. The fourth-order valence-electron chi connectivity index (χ4n) is 2.31.